The number of ether oxygens (including phenoxy) is 2. The van der Waals surface area contributed by atoms with E-state index in [1.54, 1.807) is 13.2 Å². The molecule has 0 heterocycles. The van der Waals surface area contributed by atoms with Crippen molar-refractivity contribution < 1.29 is 18.7 Å². The number of hydrogen-bond acceptors (Lipinski definition) is 4. The second-order valence-corrected chi connectivity index (χ2v) is 14.8. The Morgan fingerprint density at radius 1 is 0.944 bits per heavy atom. The summed E-state index contributed by atoms with van der Waals surface area (Å²) in [7, 11) is -1.10. The van der Waals surface area contributed by atoms with Crippen LogP contribution in [0.25, 0.3) is 0 Å². The first-order chi connectivity index (χ1) is 17.3. The van der Waals surface area contributed by atoms with Gasteiger partial charge < -0.3 is 13.9 Å². The van der Waals surface area contributed by atoms with Crippen LogP contribution in [0.2, 0.25) is 5.04 Å². The summed E-state index contributed by atoms with van der Waals surface area (Å²) in [6.07, 6.45) is 1.89. The molecule has 0 bridgehead atoms. The van der Waals surface area contributed by atoms with E-state index < -0.39 is 19.8 Å². The average Bonchev–Trinajstić information content (AvgIpc) is 2.90. The second kappa shape index (κ2) is 10.6. The Balaban J connectivity index is 1.54. The van der Waals surface area contributed by atoms with Gasteiger partial charge in [0.1, 0.15) is 11.9 Å². The molecule has 0 N–H and O–H groups in total. The molecule has 0 aromatic heterocycles. The molecule has 4 rings (SSSR count). The molecule has 0 amide bonds. The summed E-state index contributed by atoms with van der Waals surface area (Å²) < 4.78 is 18.3. The number of benzene rings is 3. The number of Topliss-reactive ketones (excluding diaryl/α,β-unsaturated/α-hetero) is 1. The monoisotopic (exact) mass is 500 g/mol. The molecule has 1 fully saturated rings. The van der Waals surface area contributed by atoms with E-state index in [0.717, 1.165) is 11.3 Å². The van der Waals surface area contributed by atoms with Crippen LogP contribution < -0.4 is 15.1 Å². The second-order valence-electron chi connectivity index (χ2n) is 10.5. The zero-order valence-corrected chi connectivity index (χ0v) is 22.7. The van der Waals surface area contributed by atoms with E-state index in [1.165, 1.54) is 10.4 Å². The van der Waals surface area contributed by atoms with Crippen LogP contribution in [0, 0.1) is 5.41 Å². The van der Waals surface area contributed by atoms with Crippen LogP contribution in [0.3, 0.4) is 0 Å². The first-order valence-corrected chi connectivity index (χ1v) is 14.3. The summed E-state index contributed by atoms with van der Waals surface area (Å²) in [5, 5.41) is 2.23. The van der Waals surface area contributed by atoms with Crippen molar-refractivity contribution in [2.24, 2.45) is 5.41 Å². The smallest absolute Gasteiger partial charge is 0.261 e. The molecule has 3 aromatic carbocycles. The third-order valence-electron chi connectivity index (χ3n) is 7.30. The van der Waals surface area contributed by atoms with Crippen molar-refractivity contribution in [2.75, 3.05) is 13.7 Å². The maximum Gasteiger partial charge on any atom is 0.261 e. The normalized spacial score (nSPS) is 20.0. The minimum atomic E-state index is -2.74. The first kappa shape index (κ1) is 26.1. The van der Waals surface area contributed by atoms with E-state index in [1.807, 2.05) is 36.4 Å². The number of rotatable bonds is 10. The Morgan fingerprint density at radius 3 is 1.94 bits per heavy atom. The lowest BCUT2D eigenvalue weighted by atomic mass is 9.66. The van der Waals surface area contributed by atoms with Crippen molar-refractivity contribution in [1.29, 1.82) is 0 Å². The lowest BCUT2D eigenvalue weighted by Gasteiger charge is -2.48. The van der Waals surface area contributed by atoms with Crippen molar-refractivity contribution >= 4 is 24.5 Å². The van der Waals surface area contributed by atoms with Crippen LogP contribution in [0.1, 0.15) is 32.8 Å². The third kappa shape index (κ3) is 4.83. The maximum atomic E-state index is 13.4. The summed E-state index contributed by atoms with van der Waals surface area (Å²) >= 11 is 0. The van der Waals surface area contributed by atoms with Crippen LogP contribution in [-0.2, 0) is 20.6 Å². The largest absolute Gasteiger partial charge is 0.497 e. The molecular weight excluding hydrogens is 464 g/mol. The molecule has 1 aliphatic rings. The zero-order valence-electron chi connectivity index (χ0n) is 21.7. The molecule has 2 atom stereocenters. The molecule has 1 saturated carbocycles. The fraction of sp³-hybridized carbons (Fsp3) is 0.323. The highest BCUT2D eigenvalue weighted by Crippen LogP contribution is 2.44. The van der Waals surface area contributed by atoms with Crippen molar-refractivity contribution in [3.63, 3.8) is 0 Å². The molecule has 0 aliphatic heterocycles. The molecule has 0 radical (unpaired) electrons. The van der Waals surface area contributed by atoms with Crippen molar-refractivity contribution in [3.05, 3.63) is 103 Å². The van der Waals surface area contributed by atoms with Crippen LogP contribution >= 0.6 is 0 Å². The van der Waals surface area contributed by atoms with Gasteiger partial charge in [-0.2, -0.15) is 0 Å². The quantitative estimate of drug-likeness (QED) is 0.280. The van der Waals surface area contributed by atoms with Gasteiger partial charge in [0.25, 0.3) is 8.32 Å². The highest BCUT2D eigenvalue weighted by molar-refractivity contribution is 6.99. The Bertz CT molecular complexity index is 1130. The van der Waals surface area contributed by atoms with Gasteiger partial charge in [0, 0.05) is 0 Å². The Morgan fingerprint density at radius 2 is 1.50 bits per heavy atom. The van der Waals surface area contributed by atoms with Gasteiger partial charge in [-0.15, -0.1) is 6.58 Å². The number of carbonyl (C=O) groups is 1. The predicted molar refractivity (Wildman–Crippen MR) is 147 cm³/mol. The number of carbonyl (C=O) groups excluding carboxylic acids is 1. The van der Waals surface area contributed by atoms with Gasteiger partial charge in [-0.1, -0.05) is 99.6 Å². The van der Waals surface area contributed by atoms with Crippen molar-refractivity contribution in [3.8, 4) is 5.75 Å². The summed E-state index contributed by atoms with van der Waals surface area (Å²) in [6.45, 7) is 11.4. The minimum absolute atomic E-state index is 0.0453. The molecule has 0 spiro atoms. The molecule has 4 nitrogen and oxygen atoms in total. The summed E-state index contributed by atoms with van der Waals surface area (Å²) in [5.74, 6) is 0.841. The molecule has 3 aromatic rings. The van der Waals surface area contributed by atoms with Crippen LogP contribution in [-0.4, -0.2) is 33.9 Å². The van der Waals surface area contributed by atoms with E-state index in [-0.39, 0.29) is 10.8 Å². The number of hydrogen-bond donors (Lipinski definition) is 0. The van der Waals surface area contributed by atoms with Crippen molar-refractivity contribution in [2.45, 2.75) is 44.9 Å². The Labute approximate surface area is 216 Å². The van der Waals surface area contributed by atoms with E-state index in [9.17, 15) is 4.79 Å². The van der Waals surface area contributed by atoms with Gasteiger partial charge >= 0.3 is 0 Å². The molecular formula is C31H36O4Si. The van der Waals surface area contributed by atoms with Gasteiger partial charge in [-0.3, -0.25) is 4.79 Å². The topological polar surface area (TPSA) is 44.8 Å². The number of methoxy groups -OCH3 is 1. The molecule has 36 heavy (non-hydrogen) atoms. The summed E-state index contributed by atoms with van der Waals surface area (Å²) in [4.78, 5) is 13.4. The van der Waals surface area contributed by atoms with Gasteiger partial charge in [0.05, 0.1) is 25.7 Å². The van der Waals surface area contributed by atoms with Crippen LogP contribution in [0.5, 0.6) is 5.75 Å². The molecule has 1 aliphatic carbocycles. The fourth-order valence-electron chi connectivity index (χ4n) is 5.14. The van der Waals surface area contributed by atoms with E-state index in [0.29, 0.717) is 19.6 Å². The standard InChI is InChI=1S/C31H36O4Si/c1-6-31(21-28(29(31)32)34-22-24-17-19-25(33-5)20-18-24)23-35-36(30(2,3)4,26-13-9-7-10-14-26)27-15-11-8-12-16-27/h6-20,28H,1,21-23H2,2-5H3/t28-,31+/m1/s1. The van der Waals surface area contributed by atoms with Crippen LogP contribution in [0.15, 0.2) is 97.6 Å². The van der Waals surface area contributed by atoms with Crippen molar-refractivity contribution in [1.82, 2.24) is 0 Å². The summed E-state index contributed by atoms with van der Waals surface area (Å²) in [6, 6.07) is 28.7. The molecule has 188 valence electrons. The lowest BCUT2D eigenvalue weighted by Crippen LogP contribution is -2.68. The third-order valence-corrected chi connectivity index (χ3v) is 12.3. The lowest BCUT2D eigenvalue weighted by molar-refractivity contribution is -0.160. The van der Waals surface area contributed by atoms with E-state index in [4.69, 9.17) is 13.9 Å². The molecule has 5 heteroatoms. The molecule has 0 unspecified atom stereocenters. The van der Waals surface area contributed by atoms with Gasteiger partial charge in [0.2, 0.25) is 0 Å². The fourth-order valence-corrected chi connectivity index (χ4v) is 9.77. The zero-order chi connectivity index (χ0) is 25.8. The maximum absolute atomic E-state index is 13.4. The highest BCUT2D eigenvalue weighted by atomic mass is 28.4. The van der Waals surface area contributed by atoms with E-state index >= 15 is 0 Å². The predicted octanol–water partition coefficient (Wildman–Crippen LogP) is 5.30. The SMILES string of the molecule is C=C[C@@]1(CO[Si](c2ccccc2)(c2ccccc2)C(C)(C)C)C[C@@H](OCc2ccc(OC)cc2)C1=O. The van der Waals surface area contributed by atoms with E-state index in [2.05, 4.69) is 75.9 Å². The average molecular weight is 501 g/mol. The van der Waals surface area contributed by atoms with Crippen LogP contribution in [0.4, 0.5) is 0 Å². The number of ketones is 1. The van der Waals surface area contributed by atoms with Gasteiger partial charge in [0.15, 0.2) is 5.78 Å². The minimum Gasteiger partial charge on any atom is -0.497 e. The highest BCUT2D eigenvalue weighted by Gasteiger charge is 2.56. The summed E-state index contributed by atoms with van der Waals surface area (Å²) in [5.41, 5.74) is 0.265. The molecule has 0 saturated heterocycles. The first-order valence-electron chi connectivity index (χ1n) is 12.4. The Kier molecular flexibility index (Phi) is 7.64. The Hall–Kier alpha value is -2.99. The van der Waals surface area contributed by atoms with Gasteiger partial charge in [-0.25, -0.2) is 0 Å². The van der Waals surface area contributed by atoms with Gasteiger partial charge in [-0.05, 0) is 39.5 Å².